The Morgan fingerprint density at radius 2 is 1.50 bits per heavy atom. The Balaban J connectivity index is 4.31. The van der Waals surface area contributed by atoms with Crippen LogP contribution in [0.5, 0.6) is 0 Å². The molecular formula is C6H15N2O2+. The molecule has 0 saturated heterocycles. The molecule has 0 amide bonds. The van der Waals surface area contributed by atoms with Gasteiger partial charge in [-0.05, 0) is 25.4 Å². The third kappa shape index (κ3) is 1.44. The van der Waals surface area contributed by atoms with E-state index in [-0.39, 0.29) is 9.62 Å². The maximum absolute atomic E-state index is 10.5. The summed E-state index contributed by atoms with van der Waals surface area (Å²) in [5.74, 6) is 0. The molecule has 0 N–H and O–H groups in total. The predicted molar refractivity (Wildman–Crippen MR) is 38.9 cm³/mol. The van der Waals surface area contributed by atoms with Gasteiger partial charge in [0, 0.05) is 0 Å². The fourth-order valence-corrected chi connectivity index (χ4v) is 1.02. The van der Waals surface area contributed by atoms with Gasteiger partial charge in [-0.15, -0.1) is 0 Å². The summed E-state index contributed by atoms with van der Waals surface area (Å²) in [4.78, 5) is 10.5. The highest BCUT2D eigenvalue weighted by Crippen LogP contribution is 2.04. The molecule has 0 saturated carbocycles. The molecule has 0 rings (SSSR count). The molecular weight excluding hydrogens is 132 g/mol. The lowest BCUT2D eigenvalue weighted by atomic mass is 10.4. The van der Waals surface area contributed by atoms with E-state index in [0.29, 0.717) is 19.6 Å². The van der Waals surface area contributed by atoms with Gasteiger partial charge in [-0.2, -0.15) is 0 Å². The summed E-state index contributed by atoms with van der Waals surface area (Å²) in [6, 6.07) is 0. The first-order chi connectivity index (χ1) is 4.63. The molecule has 0 aromatic heterocycles. The van der Waals surface area contributed by atoms with Gasteiger partial charge in [0.2, 0.25) is 5.03 Å². The minimum absolute atomic E-state index is 0.0139. The van der Waals surface area contributed by atoms with Crippen LogP contribution in [0.2, 0.25) is 0 Å². The fraction of sp³-hybridized carbons (Fsp3) is 1.00. The lowest BCUT2D eigenvalue weighted by molar-refractivity contribution is -1.32. The van der Waals surface area contributed by atoms with Crippen molar-refractivity contribution in [2.24, 2.45) is 0 Å². The monoisotopic (exact) mass is 147 g/mol. The van der Waals surface area contributed by atoms with Crippen molar-refractivity contribution in [1.82, 2.24) is 0 Å². The van der Waals surface area contributed by atoms with Crippen molar-refractivity contribution in [3.63, 3.8) is 0 Å². The van der Waals surface area contributed by atoms with Gasteiger partial charge in [0.05, 0.1) is 0 Å². The normalized spacial score (nSPS) is 11.5. The van der Waals surface area contributed by atoms with E-state index < -0.39 is 0 Å². The first kappa shape index (κ1) is 9.36. The molecule has 0 unspecified atom stereocenters. The topological polar surface area (TPSA) is 43.1 Å². The Hall–Kier alpha value is -0.640. The Morgan fingerprint density at radius 3 is 1.50 bits per heavy atom. The second-order valence-electron chi connectivity index (χ2n) is 2.28. The zero-order chi connectivity index (χ0) is 8.20. The van der Waals surface area contributed by atoms with Gasteiger partial charge < -0.3 is 0 Å². The number of rotatable bonds is 4. The second-order valence-corrected chi connectivity index (χ2v) is 2.28. The third-order valence-electron chi connectivity index (χ3n) is 2.11. The second kappa shape index (κ2) is 3.51. The molecule has 10 heavy (non-hydrogen) atoms. The molecule has 0 spiro atoms. The van der Waals surface area contributed by atoms with Crippen molar-refractivity contribution in [1.29, 1.82) is 0 Å². The molecule has 4 nitrogen and oxygen atoms in total. The van der Waals surface area contributed by atoms with Gasteiger partial charge in [-0.3, -0.25) is 0 Å². The molecule has 0 aliphatic rings. The maximum atomic E-state index is 10.5. The quantitative estimate of drug-likeness (QED) is 0.339. The van der Waals surface area contributed by atoms with Gasteiger partial charge in [-0.25, -0.2) is 10.1 Å². The van der Waals surface area contributed by atoms with Crippen molar-refractivity contribution >= 4 is 0 Å². The highest BCUT2D eigenvalue weighted by Gasteiger charge is 2.33. The standard InChI is InChI=1S/C6H15N2O2/c1-4-8(5-2,6-3)7(9)10/h4-6H2,1-3H3/q+1. The molecule has 0 aliphatic carbocycles. The fourth-order valence-electron chi connectivity index (χ4n) is 1.02. The molecule has 0 atom stereocenters. The lowest BCUT2D eigenvalue weighted by Gasteiger charge is -2.21. The van der Waals surface area contributed by atoms with Crippen molar-refractivity contribution in [3.05, 3.63) is 10.1 Å². The zero-order valence-electron chi connectivity index (χ0n) is 6.83. The van der Waals surface area contributed by atoms with Gasteiger partial charge in [0.25, 0.3) is 0 Å². The van der Waals surface area contributed by atoms with Crippen LogP contribution in [0.3, 0.4) is 0 Å². The highest BCUT2D eigenvalue weighted by molar-refractivity contribution is 4.21. The average molecular weight is 147 g/mol. The molecule has 0 aromatic carbocycles. The van der Waals surface area contributed by atoms with Gasteiger partial charge >= 0.3 is 0 Å². The Labute approximate surface area is 61.2 Å². The summed E-state index contributed by atoms with van der Waals surface area (Å²) in [7, 11) is 0. The average Bonchev–Trinajstić information content (AvgIpc) is 1.92. The van der Waals surface area contributed by atoms with E-state index in [2.05, 4.69) is 0 Å². The molecule has 60 valence electrons. The third-order valence-corrected chi connectivity index (χ3v) is 2.11. The van der Waals surface area contributed by atoms with Crippen LogP contribution in [-0.4, -0.2) is 29.3 Å². The van der Waals surface area contributed by atoms with Gasteiger partial charge in [0.1, 0.15) is 19.6 Å². The molecule has 0 radical (unpaired) electrons. The van der Waals surface area contributed by atoms with Crippen LogP contribution in [0.1, 0.15) is 20.8 Å². The summed E-state index contributed by atoms with van der Waals surface area (Å²) < 4.78 is -0.0139. The highest BCUT2D eigenvalue weighted by atomic mass is 16.7. The predicted octanol–water partition coefficient (Wildman–Crippen LogP) is 1.05. The first-order valence-electron chi connectivity index (χ1n) is 3.64. The Kier molecular flexibility index (Phi) is 3.28. The van der Waals surface area contributed by atoms with Crippen molar-refractivity contribution in [2.45, 2.75) is 20.8 Å². The molecule has 0 fully saturated rings. The summed E-state index contributed by atoms with van der Waals surface area (Å²) in [6.45, 7) is 7.24. The first-order valence-corrected chi connectivity index (χ1v) is 3.64. The Bertz CT molecular complexity index is 113. The van der Waals surface area contributed by atoms with E-state index in [1.165, 1.54) is 0 Å². The molecule has 4 heteroatoms. The Morgan fingerprint density at radius 1 is 1.20 bits per heavy atom. The summed E-state index contributed by atoms with van der Waals surface area (Å²) in [5, 5.41) is 10.3. The largest absolute Gasteiger partial charge is 0.237 e. The smallest absolute Gasteiger partial charge is 0.208 e. The number of nitro groups is 1. The van der Waals surface area contributed by atoms with E-state index in [4.69, 9.17) is 0 Å². The van der Waals surface area contributed by atoms with E-state index in [1.54, 1.807) is 0 Å². The number of quaternary nitrogens is 1. The number of hydrogen-bond acceptors (Lipinski definition) is 2. The maximum Gasteiger partial charge on any atom is 0.237 e. The number of nitrogens with zero attached hydrogens (tertiary/aromatic N) is 2. The summed E-state index contributed by atoms with van der Waals surface area (Å²) in [5.41, 5.74) is 0. The van der Waals surface area contributed by atoms with Crippen LogP contribution in [0.25, 0.3) is 0 Å². The number of hydrogen-bond donors (Lipinski definition) is 0. The van der Waals surface area contributed by atoms with E-state index in [9.17, 15) is 10.1 Å². The molecule has 0 aromatic rings. The van der Waals surface area contributed by atoms with E-state index in [0.717, 1.165) is 0 Å². The summed E-state index contributed by atoms with van der Waals surface area (Å²) >= 11 is 0. The van der Waals surface area contributed by atoms with Crippen LogP contribution in [0.4, 0.5) is 0 Å². The molecule has 0 aliphatic heterocycles. The minimum atomic E-state index is -0.208. The van der Waals surface area contributed by atoms with Crippen LogP contribution in [-0.2, 0) is 0 Å². The minimum Gasteiger partial charge on any atom is -0.208 e. The van der Waals surface area contributed by atoms with Crippen molar-refractivity contribution < 1.29 is 9.62 Å². The SMILES string of the molecule is CC[N+](CC)(CC)[N+](=O)[O-]. The van der Waals surface area contributed by atoms with Crippen LogP contribution in [0, 0.1) is 10.1 Å². The van der Waals surface area contributed by atoms with Crippen LogP contribution < -0.4 is 0 Å². The van der Waals surface area contributed by atoms with E-state index in [1.807, 2.05) is 20.8 Å². The summed E-state index contributed by atoms with van der Waals surface area (Å²) in [6.07, 6.45) is 0. The van der Waals surface area contributed by atoms with Crippen LogP contribution in [0.15, 0.2) is 0 Å². The van der Waals surface area contributed by atoms with E-state index >= 15 is 0 Å². The van der Waals surface area contributed by atoms with Crippen LogP contribution >= 0.6 is 0 Å². The molecule has 0 heterocycles. The van der Waals surface area contributed by atoms with Gasteiger partial charge in [-0.1, -0.05) is 0 Å². The zero-order valence-corrected chi connectivity index (χ0v) is 6.83. The lowest BCUT2D eigenvalue weighted by Crippen LogP contribution is -2.52. The van der Waals surface area contributed by atoms with Gasteiger partial charge in [0.15, 0.2) is 0 Å². The molecule has 0 bridgehead atoms. The van der Waals surface area contributed by atoms with Crippen molar-refractivity contribution in [2.75, 3.05) is 19.6 Å². The van der Waals surface area contributed by atoms with Crippen molar-refractivity contribution in [3.8, 4) is 0 Å².